The molecule has 0 fully saturated rings. The Bertz CT molecular complexity index is 157. The van der Waals surface area contributed by atoms with Crippen molar-refractivity contribution < 1.29 is 4.74 Å². The van der Waals surface area contributed by atoms with Crippen molar-refractivity contribution in [1.29, 1.82) is 0 Å². The van der Waals surface area contributed by atoms with Gasteiger partial charge in [-0.2, -0.15) is 0 Å². The summed E-state index contributed by atoms with van der Waals surface area (Å²) in [5.41, 5.74) is 0. The number of ether oxygens (including phenoxy) is 1. The molecule has 0 rings (SSSR count). The smallest absolute Gasteiger partial charge is 0.106 e. The quantitative estimate of drug-likeness (QED) is 0.338. The molecular formula is C15H28O. The van der Waals surface area contributed by atoms with Gasteiger partial charge in [-0.1, -0.05) is 77.6 Å². The second-order valence-corrected chi connectivity index (χ2v) is 4.50. The van der Waals surface area contributed by atoms with E-state index in [4.69, 9.17) is 11.2 Å². The van der Waals surface area contributed by atoms with Crippen LogP contribution >= 0.6 is 0 Å². The topological polar surface area (TPSA) is 9.23 Å². The molecule has 0 aromatic carbocycles. The van der Waals surface area contributed by atoms with Crippen molar-refractivity contribution in [3.8, 4) is 12.5 Å². The summed E-state index contributed by atoms with van der Waals surface area (Å²) in [6, 6.07) is 0. The Balaban J connectivity index is 2.86. The molecule has 0 aromatic rings. The highest BCUT2D eigenvalue weighted by molar-refractivity contribution is 4.67. The highest BCUT2D eigenvalue weighted by Gasteiger charge is 1.92. The molecule has 1 nitrogen and oxygen atoms in total. The highest BCUT2D eigenvalue weighted by atomic mass is 16.5. The number of hydrogen-bond donors (Lipinski definition) is 0. The average molecular weight is 224 g/mol. The Morgan fingerprint density at radius 1 is 0.750 bits per heavy atom. The van der Waals surface area contributed by atoms with Crippen LogP contribution in [0, 0.1) is 12.5 Å². The normalized spacial score (nSPS) is 10.0. The standard InChI is InChI=1S/C15H28O/c1-3-5-6-7-8-9-10-11-12-13-14-15-16-4-2/h2H,3,5-15H2,1H3. The van der Waals surface area contributed by atoms with Gasteiger partial charge < -0.3 is 4.74 Å². The maximum atomic E-state index is 4.99. The first-order valence-electron chi connectivity index (χ1n) is 6.99. The Morgan fingerprint density at radius 3 is 1.62 bits per heavy atom. The van der Waals surface area contributed by atoms with Gasteiger partial charge in [-0.15, -0.1) is 0 Å². The van der Waals surface area contributed by atoms with Gasteiger partial charge in [0.1, 0.15) is 12.7 Å². The molecule has 0 aliphatic heterocycles. The molecular weight excluding hydrogens is 196 g/mol. The van der Waals surface area contributed by atoms with Gasteiger partial charge >= 0.3 is 0 Å². The predicted molar refractivity (Wildman–Crippen MR) is 71.2 cm³/mol. The molecule has 1 heteroatoms. The maximum Gasteiger partial charge on any atom is 0.106 e. The summed E-state index contributed by atoms with van der Waals surface area (Å²) in [5.74, 6) is 0. The van der Waals surface area contributed by atoms with Crippen molar-refractivity contribution in [2.24, 2.45) is 0 Å². The lowest BCUT2D eigenvalue weighted by atomic mass is 10.1. The average Bonchev–Trinajstić information content (AvgIpc) is 2.31. The number of terminal acetylenes is 1. The molecule has 0 N–H and O–H groups in total. The maximum absolute atomic E-state index is 4.99. The number of rotatable bonds is 12. The molecule has 0 radical (unpaired) electrons. The largest absolute Gasteiger partial charge is 0.447 e. The third kappa shape index (κ3) is 13.4. The van der Waals surface area contributed by atoms with Crippen LogP contribution in [-0.2, 0) is 4.74 Å². The van der Waals surface area contributed by atoms with E-state index in [1.807, 2.05) is 0 Å². The third-order valence-electron chi connectivity index (χ3n) is 2.93. The number of unbranched alkanes of at least 4 members (excludes halogenated alkanes) is 10. The van der Waals surface area contributed by atoms with Crippen LogP contribution in [0.15, 0.2) is 0 Å². The summed E-state index contributed by atoms with van der Waals surface area (Å²) in [4.78, 5) is 0. The van der Waals surface area contributed by atoms with Gasteiger partial charge in [0.05, 0.1) is 0 Å². The van der Waals surface area contributed by atoms with Crippen LogP contribution in [0.4, 0.5) is 0 Å². The van der Waals surface area contributed by atoms with E-state index in [0.29, 0.717) is 0 Å². The monoisotopic (exact) mass is 224 g/mol. The molecule has 0 spiro atoms. The summed E-state index contributed by atoms with van der Waals surface area (Å²) in [7, 11) is 0. The summed E-state index contributed by atoms with van der Waals surface area (Å²) >= 11 is 0. The molecule has 0 aliphatic rings. The molecule has 0 aromatic heterocycles. The summed E-state index contributed by atoms with van der Waals surface area (Å²) in [5, 5.41) is 0. The summed E-state index contributed by atoms with van der Waals surface area (Å²) in [6.07, 6.45) is 22.2. The van der Waals surface area contributed by atoms with Gasteiger partial charge in [0.15, 0.2) is 0 Å². The Kier molecular flexibility index (Phi) is 13.8. The van der Waals surface area contributed by atoms with E-state index < -0.39 is 0 Å². The zero-order chi connectivity index (χ0) is 11.9. The lowest BCUT2D eigenvalue weighted by Crippen LogP contribution is -1.88. The second-order valence-electron chi connectivity index (χ2n) is 4.50. The summed E-state index contributed by atoms with van der Waals surface area (Å²) < 4.78 is 4.84. The molecule has 0 amide bonds. The minimum absolute atomic E-state index is 0.730. The minimum atomic E-state index is 0.730. The van der Waals surface area contributed by atoms with E-state index in [1.165, 1.54) is 64.2 Å². The molecule has 0 heterocycles. The van der Waals surface area contributed by atoms with Gasteiger partial charge in [-0.05, 0) is 6.42 Å². The van der Waals surface area contributed by atoms with Gasteiger partial charge in [0.25, 0.3) is 0 Å². The first-order chi connectivity index (χ1) is 7.91. The molecule has 0 bridgehead atoms. The zero-order valence-corrected chi connectivity index (χ0v) is 11.0. The van der Waals surface area contributed by atoms with Crippen molar-refractivity contribution in [3.05, 3.63) is 0 Å². The van der Waals surface area contributed by atoms with Crippen LogP contribution in [0.25, 0.3) is 0 Å². The van der Waals surface area contributed by atoms with Crippen molar-refractivity contribution in [1.82, 2.24) is 0 Å². The third-order valence-corrected chi connectivity index (χ3v) is 2.93. The Morgan fingerprint density at radius 2 is 1.19 bits per heavy atom. The zero-order valence-electron chi connectivity index (χ0n) is 11.0. The van der Waals surface area contributed by atoms with E-state index in [-0.39, 0.29) is 0 Å². The molecule has 16 heavy (non-hydrogen) atoms. The van der Waals surface area contributed by atoms with Crippen LogP contribution in [0.3, 0.4) is 0 Å². The molecule has 0 aliphatic carbocycles. The molecule has 0 saturated heterocycles. The second kappa shape index (κ2) is 14.4. The van der Waals surface area contributed by atoms with Crippen LogP contribution in [0.5, 0.6) is 0 Å². The molecule has 0 saturated carbocycles. The van der Waals surface area contributed by atoms with Gasteiger partial charge in [0, 0.05) is 0 Å². The highest BCUT2D eigenvalue weighted by Crippen LogP contribution is 2.11. The lowest BCUT2D eigenvalue weighted by Gasteiger charge is -2.02. The summed E-state index contributed by atoms with van der Waals surface area (Å²) in [6.45, 7) is 3.00. The van der Waals surface area contributed by atoms with Crippen molar-refractivity contribution >= 4 is 0 Å². The van der Waals surface area contributed by atoms with Gasteiger partial charge in [0.2, 0.25) is 0 Å². The van der Waals surface area contributed by atoms with Crippen molar-refractivity contribution in [2.45, 2.75) is 77.6 Å². The van der Waals surface area contributed by atoms with E-state index in [1.54, 1.807) is 0 Å². The van der Waals surface area contributed by atoms with Crippen LogP contribution < -0.4 is 0 Å². The van der Waals surface area contributed by atoms with E-state index in [2.05, 4.69) is 13.0 Å². The fraction of sp³-hybridized carbons (Fsp3) is 0.867. The SMILES string of the molecule is C#COCCCCCCCCCCCCC. The van der Waals surface area contributed by atoms with E-state index in [0.717, 1.165) is 13.0 Å². The fourth-order valence-electron chi connectivity index (χ4n) is 1.90. The first kappa shape index (κ1) is 15.4. The van der Waals surface area contributed by atoms with Crippen molar-refractivity contribution in [3.63, 3.8) is 0 Å². The van der Waals surface area contributed by atoms with Crippen LogP contribution in [0.2, 0.25) is 0 Å². The number of hydrogen-bond acceptors (Lipinski definition) is 1. The van der Waals surface area contributed by atoms with E-state index >= 15 is 0 Å². The van der Waals surface area contributed by atoms with Gasteiger partial charge in [-0.25, -0.2) is 0 Å². The Labute approximate surface area is 102 Å². The Hall–Kier alpha value is -0.640. The molecule has 94 valence electrons. The van der Waals surface area contributed by atoms with Gasteiger partial charge in [-0.3, -0.25) is 0 Å². The molecule has 0 atom stereocenters. The minimum Gasteiger partial charge on any atom is -0.447 e. The predicted octanol–water partition coefficient (Wildman–Crippen LogP) is 4.90. The first-order valence-corrected chi connectivity index (χ1v) is 6.99. The van der Waals surface area contributed by atoms with Crippen LogP contribution in [0.1, 0.15) is 77.6 Å². The van der Waals surface area contributed by atoms with E-state index in [9.17, 15) is 0 Å². The fourth-order valence-corrected chi connectivity index (χ4v) is 1.90. The van der Waals surface area contributed by atoms with Crippen LogP contribution in [-0.4, -0.2) is 6.61 Å². The van der Waals surface area contributed by atoms with Crippen molar-refractivity contribution in [2.75, 3.05) is 6.61 Å². The molecule has 0 unspecified atom stereocenters. The lowest BCUT2D eigenvalue weighted by molar-refractivity contribution is 0.267.